The number of anilines is 1. The van der Waals surface area contributed by atoms with E-state index in [4.69, 9.17) is 9.84 Å². The molecule has 0 atom stereocenters. The zero-order chi connectivity index (χ0) is 13.8. The number of carboxylic acid groups (broad SMARTS) is 1. The summed E-state index contributed by atoms with van der Waals surface area (Å²) in [5.41, 5.74) is -0.530. The second-order valence-corrected chi connectivity index (χ2v) is 4.66. The molecule has 2 N–H and O–H groups in total. The first-order valence-corrected chi connectivity index (χ1v) is 5.42. The highest BCUT2D eigenvalue weighted by atomic mass is 16.5. The molecule has 0 aliphatic heterocycles. The number of amides is 1. The highest BCUT2D eigenvalue weighted by Gasteiger charge is 2.13. The predicted octanol–water partition coefficient (Wildman–Crippen LogP) is 1.53. The molecule has 0 aromatic carbocycles. The number of carbonyl (C=O) groups excluding carboxylic acids is 1. The summed E-state index contributed by atoms with van der Waals surface area (Å²) in [6, 6.07) is 4.38. The van der Waals surface area contributed by atoms with Crippen molar-refractivity contribution in [2.24, 2.45) is 0 Å². The Hall–Kier alpha value is -1.95. The summed E-state index contributed by atoms with van der Waals surface area (Å²) in [7, 11) is 0. The number of rotatable bonds is 4. The van der Waals surface area contributed by atoms with Gasteiger partial charge in [-0.05, 0) is 32.9 Å². The molecular weight excluding hydrogens is 236 g/mol. The smallest absolute Gasteiger partial charge is 0.354 e. The van der Waals surface area contributed by atoms with Crippen LogP contribution in [0.15, 0.2) is 18.2 Å². The molecule has 1 amide bonds. The van der Waals surface area contributed by atoms with Gasteiger partial charge in [0.2, 0.25) is 0 Å². The van der Waals surface area contributed by atoms with Crippen molar-refractivity contribution in [3.63, 3.8) is 0 Å². The topological polar surface area (TPSA) is 88.5 Å². The van der Waals surface area contributed by atoms with Crippen LogP contribution >= 0.6 is 0 Å². The van der Waals surface area contributed by atoms with E-state index >= 15 is 0 Å². The molecule has 0 unspecified atom stereocenters. The highest BCUT2D eigenvalue weighted by Crippen LogP contribution is 2.08. The van der Waals surface area contributed by atoms with Gasteiger partial charge in [-0.15, -0.1) is 0 Å². The van der Waals surface area contributed by atoms with Gasteiger partial charge < -0.3 is 15.2 Å². The van der Waals surface area contributed by atoms with Crippen LogP contribution in [0.2, 0.25) is 0 Å². The Kier molecular flexibility index (Phi) is 4.38. The number of carboxylic acids is 1. The minimum atomic E-state index is -1.14. The summed E-state index contributed by atoms with van der Waals surface area (Å²) in [6.07, 6.45) is 0. The Balaban J connectivity index is 2.59. The van der Waals surface area contributed by atoms with E-state index in [2.05, 4.69) is 10.3 Å². The number of aromatic nitrogens is 1. The number of aromatic carboxylic acids is 1. The molecule has 0 bridgehead atoms. The van der Waals surface area contributed by atoms with Crippen LogP contribution in [0.1, 0.15) is 31.3 Å². The quantitative estimate of drug-likeness (QED) is 0.848. The lowest BCUT2D eigenvalue weighted by molar-refractivity contribution is -0.125. The molecule has 1 aromatic heterocycles. The van der Waals surface area contributed by atoms with Crippen LogP contribution in [0.3, 0.4) is 0 Å². The molecule has 18 heavy (non-hydrogen) atoms. The second-order valence-electron chi connectivity index (χ2n) is 4.66. The van der Waals surface area contributed by atoms with Gasteiger partial charge in [0, 0.05) is 0 Å². The number of carbonyl (C=O) groups is 2. The maximum Gasteiger partial charge on any atom is 0.354 e. The van der Waals surface area contributed by atoms with Crippen molar-refractivity contribution in [3.8, 4) is 0 Å². The number of pyridine rings is 1. The lowest BCUT2D eigenvalue weighted by Crippen LogP contribution is -2.27. The minimum absolute atomic E-state index is 0.109. The molecule has 98 valence electrons. The number of ether oxygens (including phenoxy) is 1. The van der Waals surface area contributed by atoms with Crippen LogP contribution in [0.25, 0.3) is 0 Å². The van der Waals surface area contributed by atoms with Crippen LogP contribution in [0.4, 0.5) is 5.82 Å². The molecule has 0 aliphatic carbocycles. The monoisotopic (exact) mass is 252 g/mol. The van der Waals surface area contributed by atoms with Gasteiger partial charge in [0.25, 0.3) is 5.91 Å². The van der Waals surface area contributed by atoms with Crippen LogP contribution < -0.4 is 5.32 Å². The zero-order valence-electron chi connectivity index (χ0n) is 10.6. The van der Waals surface area contributed by atoms with Crippen molar-refractivity contribution in [2.75, 3.05) is 11.9 Å². The molecule has 1 heterocycles. The highest BCUT2D eigenvalue weighted by molar-refractivity contribution is 5.92. The van der Waals surface area contributed by atoms with Gasteiger partial charge >= 0.3 is 5.97 Å². The third kappa shape index (κ3) is 4.92. The molecule has 6 heteroatoms. The average molecular weight is 252 g/mol. The molecular formula is C12H16N2O4. The lowest BCUT2D eigenvalue weighted by atomic mass is 10.2. The van der Waals surface area contributed by atoms with E-state index in [9.17, 15) is 9.59 Å². The average Bonchev–Trinajstić information content (AvgIpc) is 2.26. The second kappa shape index (κ2) is 5.59. The van der Waals surface area contributed by atoms with Crippen molar-refractivity contribution in [2.45, 2.75) is 26.4 Å². The van der Waals surface area contributed by atoms with Crippen LogP contribution in [0.5, 0.6) is 0 Å². The fourth-order valence-corrected chi connectivity index (χ4v) is 1.08. The van der Waals surface area contributed by atoms with E-state index in [0.29, 0.717) is 0 Å². The first-order valence-electron chi connectivity index (χ1n) is 5.42. The van der Waals surface area contributed by atoms with Gasteiger partial charge in [0.1, 0.15) is 12.4 Å². The van der Waals surface area contributed by atoms with E-state index in [-0.39, 0.29) is 24.0 Å². The van der Waals surface area contributed by atoms with E-state index in [1.807, 2.05) is 20.8 Å². The first-order chi connectivity index (χ1) is 8.28. The fourth-order valence-electron chi connectivity index (χ4n) is 1.08. The Labute approximate surface area is 105 Å². The number of nitrogens with one attached hydrogen (secondary N) is 1. The minimum Gasteiger partial charge on any atom is -0.477 e. The normalized spacial score (nSPS) is 11.1. The van der Waals surface area contributed by atoms with Gasteiger partial charge in [-0.25, -0.2) is 9.78 Å². The third-order valence-corrected chi connectivity index (χ3v) is 1.87. The van der Waals surface area contributed by atoms with Crippen LogP contribution in [-0.2, 0) is 9.53 Å². The number of hydrogen-bond donors (Lipinski definition) is 2. The van der Waals surface area contributed by atoms with Gasteiger partial charge in [-0.2, -0.15) is 0 Å². The Bertz CT molecular complexity index is 452. The van der Waals surface area contributed by atoms with Gasteiger partial charge in [-0.3, -0.25) is 4.79 Å². The SMILES string of the molecule is CC(C)(C)OCC(=O)Nc1cccc(C(=O)O)n1. The largest absolute Gasteiger partial charge is 0.477 e. The number of hydrogen-bond acceptors (Lipinski definition) is 4. The van der Waals surface area contributed by atoms with Crippen molar-refractivity contribution in [1.82, 2.24) is 4.98 Å². The summed E-state index contributed by atoms with van der Waals surface area (Å²) >= 11 is 0. The Morgan fingerprint density at radius 2 is 2.06 bits per heavy atom. The first kappa shape index (κ1) is 14.1. The standard InChI is InChI=1S/C12H16N2O4/c1-12(2,3)18-7-10(15)14-9-6-4-5-8(13-9)11(16)17/h4-6H,7H2,1-3H3,(H,16,17)(H,13,14,15). The predicted molar refractivity (Wildman–Crippen MR) is 65.5 cm³/mol. The Morgan fingerprint density at radius 3 is 2.61 bits per heavy atom. The maximum absolute atomic E-state index is 11.5. The van der Waals surface area contributed by atoms with Gasteiger partial charge in [-0.1, -0.05) is 6.07 Å². The summed E-state index contributed by atoms with van der Waals surface area (Å²) in [5.74, 6) is -1.32. The Morgan fingerprint density at radius 1 is 1.39 bits per heavy atom. The van der Waals surface area contributed by atoms with E-state index < -0.39 is 11.6 Å². The molecule has 0 saturated carbocycles. The van der Waals surface area contributed by atoms with E-state index in [1.54, 1.807) is 0 Å². The van der Waals surface area contributed by atoms with Crippen molar-refractivity contribution in [3.05, 3.63) is 23.9 Å². The third-order valence-electron chi connectivity index (χ3n) is 1.87. The number of nitrogens with zero attached hydrogens (tertiary/aromatic N) is 1. The van der Waals surface area contributed by atoms with Gasteiger partial charge in [0.05, 0.1) is 5.60 Å². The van der Waals surface area contributed by atoms with Gasteiger partial charge in [0.15, 0.2) is 5.69 Å². The van der Waals surface area contributed by atoms with Crippen molar-refractivity contribution >= 4 is 17.7 Å². The summed E-state index contributed by atoms with van der Waals surface area (Å²) in [5, 5.41) is 11.2. The molecule has 0 radical (unpaired) electrons. The van der Waals surface area contributed by atoms with Crippen molar-refractivity contribution < 1.29 is 19.4 Å². The zero-order valence-corrected chi connectivity index (χ0v) is 10.6. The molecule has 6 nitrogen and oxygen atoms in total. The molecule has 0 fully saturated rings. The van der Waals surface area contributed by atoms with E-state index in [0.717, 1.165) is 0 Å². The van der Waals surface area contributed by atoms with Crippen LogP contribution in [-0.4, -0.2) is 34.2 Å². The summed E-state index contributed by atoms with van der Waals surface area (Å²) < 4.78 is 5.28. The molecule has 1 aromatic rings. The molecule has 0 saturated heterocycles. The maximum atomic E-state index is 11.5. The summed E-state index contributed by atoms with van der Waals surface area (Å²) in [4.78, 5) is 26.0. The van der Waals surface area contributed by atoms with E-state index in [1.165, 1.54) is 18.2 Å². The van der Waals surface area contributed by atoms with Crippen molar-refractivity contribution in [1.29, 1.82) is 0 Å². The fraction of sp³-hybridized carbons (Fsp3) is 0.417. The van der Waals surface area contributed by atoms with Crippen LogP contribution in [0, 0.1) is 0 Å². The molecule has 1 rings (SSSR count). The summed E-state index contributed by atoms with van der Waals surface area (Å²) in [6.45, 7) is 5.40. The lowest BCUT2D eigenvalue weighted by Gasteiger charge is -2.18. The molecule has 0 aliphatic rings. The molecule has 0 spiro atoms.